The van der Waals surface area contributed by atoms with Crippen LogP contribution in [0.5, 0.6) is 5.88 Å². The molecular weight excluding hydrogens is 522 g/mol. The summed E-state index contributed by atoms with van der Waals surface area (Å²) in [6, 6.07) is -0.0618. The SMILES string of the molecule is Cc1[nH]n2c(=O)c(C(=O)NC3CC3)c(O)[n+](CC(C)C)c2c1/C=C/C(=O)N1CCN(CC2CC(F)(F)C2)C[C@@H]1C. The summed E-state index contributed by atoms with van der Waals surface area (Å²) >= 11 is 0. The fourth-order valence-electron chi connectivity index (χ4n) is 5.90. The zero-order chi connectivity index (χ0) is 28.9. The second-order valence-electron chi connectivity index (χ2n) is 12.2. The van der Waals surface area contributed by atoms with Crippen molar-refractivity contribution in [3.63, 3.8) is 0 Å². The lowest BCUT2D eigenvalue weighted by molar-refractivity contribution is -0.686. The van der Waals surface area contributed by atoms with Crippen LogP contribution in [0, 0.1) is 18.8 Å². The monoisotopic (exact) mass is 561 g/mol. The minimum absolute atomic E-state index is 0.00634. The molecule has 3 N–H and O–H groups in total. The van der Waals surface area contributed by atoms with Gasteiger partial charge in [-0.3, -0.25) is 14.5 Å². The van der Waals surface area contributed by atoms with Crippen LogP contribution in [0.3, 0.4) is 0 Å². The molecule has 0 bridgehead atoms. The van der Waals surface area contributed by atoms with Gasteiger partial charge in [0.1, 0.15) is 0 Å². The summed E-state index contributed by atoms with van der Waals surface area (Å²) in [5.41, 5.74) is 0.570. The van der Waals surface area contributed by atoms with E-state index in [0.29, 0.717) is 49.6 Å². The van der Waals surface area contributed by atoms with Crippen LogP contribution in [-0.2, 0) is 11.3 Å². The highest BCUT2D eigenvalue weighted by molar-refractivity contribution is 5.96. The summed E-state index contributed by atoms with van der Waals surface area (Å²) < 4.78 is 29.2. The Labute approximate surface area is 231 Å². The van der Waals surface area contributed by atoms with Crippen molar-refractivity contribution in [2.45, 2.75) is 77.9 Å². The average Bonchev–Trinajstić information content (AvgIpc) is 3.59. The molecule has 3 heterocycles. The number of piperazine rings is 1. The van der Waals surface area contributed by atoms with Crippen LogP contribution in [0.2, 0.25) is 0 Å². The molecule has 12 heteroatoms. The Bertz CT molecular complexity index is 1400. The lowest BCUT2D eigenvalue weighted by Crippen LogP contribution is -2.55. The largest absolute Gasteiger partial charge is 0.477 e. The summed E-state index contributed by atoms with van der Waals surface area (Å²) in [4.78, 5) is 43.3. The number of rotatable bonds is 8. The van der Waals surface area contributed by atoms with Gasteiger partial charge in [-0.05, 0) is 44.6 Å². The summed E-state index contributed by atoms with van der Waals surface area (Å²) in [5.74, 6) is -3.62. The Kier molecular flexibility index (Phi) is 7.49. The lowest BCUT2D eigenvalue weighted by atomic mass is 9.81. The van der Waals surface area contributed by atoms with E-state index in [2.05, 4.69) is 15.3 Å². The molecule has 2 saturated carbocycles. The number of nitrogens with one attached hydrogen (secondary N) is 2. The molecule has 0 unspecified atom stereocenters. The molecule has 10 nitrogen and oxygen atoms in total. The predicted molar refractivity (Wildman–Crippen MR) is 144 cm³/mol. The normalized spacial score (nSPS) is 21.9. The van der Waals surface area contributed by atoms with E-state index < -0.39 is 23.3 Å². The maximum absolute atomic E-state index is 13.3. The molecule has 3 aliphatic rings. The third-order valence-corrected chi connectivity index (χ3v) is 8.05. The zero-order valence-corrected chi connectivity index (χ0v) is 23.5. The van der Waals surface area contributed by atoms with Gasteiger partial charge < -0.3 is 15.3 Å². The van der Waals surface area contributed by atoms with Crippen molar-refractivity contribution in [1.82, 2.24) is 24.7 Å². The van der Waals surface area contributed by atoms with Crippen molar-refractivity contribution in [2.24, 2.45) is 11.8 Å². The van der Waals surface area contributed by atoms with Crippen LogP contribution in [0.4, 0.5) is 8.78 Å². The first-order valence-electron chi connectivity index (χ1n) is 14.1. The fourth-order valence-corrected chi connectivity index (χ4v) is 5.90. The topological polar surface area (TPSA) is 114 Å². The number of fused-ring (bicyclic) bond motifs is 1. The Morgan fingerprint density at radius 1 is 1.25 bits per heavy atom. The van der Waals surface area contributed by atoms with Gasteiger partial charge in [0.2, 0.25) is 17.4 Å². The van der Waals surface area contributed by atoms with E-state index in [0.717, 1.165) is 12.8 Å². The average molecular weight is 562 g/mol. The second-order valence-corrected chi connectivity index (χ2v) is 12.2. The predicted octanol–water partition coefficient (Wildman–Crippen LogP) is 2.07. The van der Waals surface area contributed by atoms with Gasteiger partial charge in [-0.25, -0.2) is 18.7 Å². The number of hydrogen-bond donors (Lipinski definition) is 3. The van der Waals surface area contributed by atoms with Crippen LogP contribution in [0.25, 0.3) is 11.7 Å². The quantitative estimate of drug-likeness (QED) is 0.337. The van der Waals surface area contributed by atoms with E-state index in [-0.39, 0.29) is 48.2 Å². The third kappa shape index (κ3) is 5.63. The summed E-state index contributed by atoms with van der Waals surface area (Å²) in [7, 11) is 0. The Morgan fingerprint density at radius 3 is 2.55 bits per heavy atom. The Hall–Kier alpha value is -3.28. The molecule has 0 radical (unpaired) electrons. The first kappa shape index (κ1) is 28.3. The van der Waals surface area contributed by atoms with E-state index in [1.807, 2.05) is 20.8 Å². The molecule has 2 aliphatic carbocycles. The highest BCUT2D eigenvalue weighted by Gasteiger charge is 2.46. The lowest BCUT2D eigenvalue weighted by Gasteiger charge is -2.43. The standard InChI is InChI=1S/C28H38F2N6O4/c1-16(2)13-35-25-21(18(4)32-36(25)27(40)23(26(35)39)24(38)31-20-5-6-20)7-8-22(37)34-10-9-33(14-17(34)3)15-19-11-28(29,30)12-19/h7-8,16-17,19-20H,5-6,9-15H2,1-4H3,(H2,31,38,39,40)/p+1/b8-7+/t17-/m0/s1. The maximum Gasteiger partial charge on any atom is 0.378 e. The third-order valence-electron chi connectivity index (χ3n) is 8.05. The first-order valence-corrected chi connectivity index (χ1v) is 14.1. The molecule has 218 valence electrons. The minimum Gasteiger partial charge on any atom is -0.477 e. The van der Waals surface area contributed by atoms with Gasteiger partial charge in [0.05, 0.1) is 17.8 Å². The molecular formula is C28H39F2N6O4+. The van der Waals surface area contributed by atoms with Crippen LogP contribution in [0.15, 0.2) is 10.9 Å². The van der Waals surface area contributed by atoms with E-state index in [1.165, 1.54) is 10.6 Å². The molecule has 3 fully saturated rings. The van der Waals surface area contributed by atoms with Gasteiger partial charge in [-0.1, -0.05) is 18.4 Å². The Balaban J connectivity index is 1.38. The van der Waals surface area contributed by atoms with Gasteiger partial charge in [0, 0.05) is 57.2 Å². The van der Waals surface area contributed by atoms with Crippen LogP contribution < -0.4 is 15.4 Å². The molecule has 2 aromatic rings. The summed E-state index contributed by atoms with van der Waals surface area (Å²) in [6.45, 7) is 10.4. The first-order chi connectivity index (χ1) is 18.8. The maximum atomic E-state index is 13.3. The molecule has 2 aromatic heterocycles. The van der Waals surface area contributed by atoms with Crippen molar-refractivity contribution in [3.8, 4) is 5.88 Å². The summed E-state index contributed by atoms with van der Waals surface area (Å²) in [6.07, 6.45) is 4.67. The number of halogens is 2. The number of aryl methyl sites for hydroxylation is 1. The molecule has 5 rings (SSSR count). The van der Waals surface area contributed by atoms with Crippen molar-refractivity contribution >= 4 is 23.5 Å². The molecule has 0 aromatic carbocycles. The van der Waals surface area contributed by atoms with E-state index in [1.54, 1.807) is 22.5 Å². The molecule has 1 saturated heterocycles. The number of amides is 2. The number of carbonyl (C=O) groups excluding carboxylic acids is 2. The molecule has 1 aliphatic heterocycles. The van der Waals surface area contributed by atoms with Gasteiger partial charge >= 0.3 is 17.1 Å². The number of aromatic amines is 1. The molecule has 1 atom stereocenters. The fraction of sp³-hybridized carbons (Fsp3) is 0.643. The number of carbonyl (C=O) groups is 2. The van der Waals surface area contributed by atoms with E-state index in [9.17, 15) is 28.3 Å². The van der Waals surface area contributed by atoms with Crippen molar-refractivity contribution in [1.29, 1.82) is 0 Å². The van der Waals surface area contributed by atoms with E-state index >= 15 is 0 Å². The van der Waals surface area contributed by atoms with Crippen molar-refractivity contribution < 1.29 is 28.0 Å². The highest BCUT2D eigenvalue weighted by Crippen LogP contribution is 2.42. The van der Waals surface area contributed by atoms with Gasteiger partial charge in [0.15, 0.2) is 0 Å². The van der Waals surface area contributed by atoms with Gasteiger partial charge in [-0.2, -0.15) is 4.57 Å². The smallest absolute Gasteiger partial charge is 0.378 e. The Morgan fingerprint density at radius 2 is 1.95 bits per heavy atom. The van der Waals surface area contributed by atoms with Gasteiger partial charge in [0.25, 0.3) is 5.91 Å². The molecule has 2 amide bonds. The van der Waals surface area contributed by atoms with E-state index in [4.69, 9.17) is 0 Å². The van der Waals surface area contributed by atoms with Crippen LogP contribution in [0.1, 0.15) is 68.1 Å². The number of aromatic nitrogens is 3. The number of hydrogen-bond acceptors (Lipinski definition) is 5. The number of aromatic hydroxyl groups is 1. The van der Waals surface area contributed by atoms with Crippen molar-refractivity contribution in [3.05, 3.63) is 33.3 Å². The second kappa shape index (κ2) is 10.6. The number of alkyl halides is 2. The highest BCUT2D eigenvalue weighted by atomic mass is 19.3. The van der Waals surface area contributed by atoms with Crippen molar-refractivity contribution in [2.75, 3.05) is 26.2 Å². The molecule has 0 spiro atoms. The van der Waals surface area contributed by atoms with Crippen LogP contribution in [-0.4, -0.2) is 80.5 Å². The minimum atomic E-state index is -2.53. The van der Waals surface area contributed by atoms with Gasteiger partial charge in [-0.15, -0.1) is 0 Å². The zero-order valence-electron chi connectivity index (χ0n) is 23.5. The van der Waals surface area contributed by atoms with Crippen LogP contribution >= 0.6 is 0 Å². The number of H-pyrrole nitrogens is 1. The summed E-state index contributed by atoms with van der Waals surface area (Å²) in [5, 5.41) is 16.9. The number of nitrogens with zero attached hydrogens (tertiary/aromatic N) is 4. The molecule has 40 heavy (non-hydrogen) atoms.